The van der Waals surface area contributed by atoms with Gasteiger partial charge in [-0.1, -0.05) is 0 Å². The summed E-state index contributed by atoms with van der Waals surface area (Å²) in [7, 11) is 0.468. The summed E-state index contributed by atoms with van der Waals surface area (Å²) in [5.41, 5.74) is 0. The minimum atomic E-state index is -1.43. The van der Waals surface area contributed by atoms with Crippen molar-refractivity contribution in [2.24, 2.45) is 0 Å². The van der Waals surface area contributed by atoms with Gasteiger partial charge in [0.1, 0.15) is 0 Å². The van der Waals surface area contributed by atoms with E-state index in [0.717, 1.165) is 6.54 Å². The second-order valence-corrected chi connectivity index (χ2v) is 11.9. The zero-order valence-corrected chi connectivity index (χ0v) is 20.6. The van der Waals surface area contributed by atoms with E-state index in [1.54, 1.807) is 0 Å². The summed E-state index contributed by atoms with van der Waals surface area (Å²) in [6.45, 7) is 16.1. The Balaban J connectivity index is 3.02. The van der Waals surface area contributed by atoms with Gasteiger partial charge in [-0.15, -0.1) is 0 Å². The lowest BCUT2D eigenvalue weighted by Crippen LogP contribution is -2.27. The van der Waals surface area contributed by atoms with Crippen molar-refractivity contribution >= 4 is 8.32 Å². The normalized spacial score (nSPS) is 12.0. The Morgan fingerprint density at radius 1 is 0.433 bits per heavy atom. The molecule has 1 N–H and O–H groups in total. The van der Waals surface area contributed by atoms with Crippen LogP contribution in [0.25, 0.3) is 0 Å². The third kappa shape index (κ3) is 27.9. The third-order valence-electron chi connectivity index (χ3n) is 3.49. The molecule has 0 fully saturated rings. The first-order valence-corrected chi connectivity index (χ1v) is 14.3. The summed E-state index contributed by atoms with van der Waals surface area (Å²) in [6.07, 6.45) is 0. The molecule has 0 aromatic rings. The molecule has 0 aromatic heterocycles. The highest BCUT2D eigenvalue weighted by atomic mass is 28.4. The Morgan fingerprint density at radius 3 is 0.967 bits per heavy atom. The fraction of sp³-hybridized carbons (Fsp3) is 1.00. The molecule has 0 amide bonds. The highest BCUT2D eigenvalue weighted by Gasteiger charge is 2.12. The topological polar surface area (TPSA) is 85.9 Å². The Bertz CT molecular complexity index is 334. The van der Waals surface area contributed by atoms with Gasteiger partial charge in [0.2, 0.25) is 0 Å². The Kier molecular flexibility index (Phi) is 23.4. The molecule has 10 heteroatoms. The van der Waals surface area contributed by atoms with Crippen molar-refractivity contribution in [3.63, 3.8) is 0 Å². The average Bonchev–Trinajstić information content (AvgIpc) is 2.70. The van der Waals surface area contributed by atoms with E-state index in [9.17, 15) is 0 Å². The summed E-state index contributed by atoms with van der Waals surface area (Å²) in [4.78, 5) is 0. The molecule has 0 radical (unpaired) electrons. The maximum atomic E-state index is 5.70. The van der Waals surface area contributed by atoms with Crippen LogP contribution in [0.1, 0.15) is 0 Å². The first kappa shape index (κ1) is 29.9. The van der Waals surface area contributed by atoms with E-state index in [0.29, 0.717) is 99.1 Å². The van der Waals surface area contributed by atoms with Crippen LogP contribution in [0.15, 0.2) is 0 Å². The van der Waals surface area contributed by atoms with Crippen LogP contribution in [0.4, 0.5) is 0 Å². The van der Waals surface area contributed by atoms with Crippen LogP contribution in [-0.2, 0) is 37.6 Å². The van der Waals surface area contributed by atoms with Crippen molar-refractivity contribution in [3.8, 4) is 0 Å². The van der Waals surface area contributed by atoms with E-state index in [1.165, 1.54) is 0 Å². The van der Waals surface area contributed by atoms with Crippen molar-refractivity contribution in [3.05, 3.63) is 0 Å². The number of nitrogens with one attached hydrogen (secondary N) is 1. The van der Waals surface area contributed by atoms with Gasteiger partial charge in [-0.2, -0.15) is 0 Å². The molecule has 9 nitrogen and oxygen atoms in total. The largest absolute Gasteiger partial charge is 0.415 e. The molecule has 0 rings (SSSR count). The van der Waals surface area contributed by atoms with Gasteiger partial charge in [0.15, 0.2) is 8.32 Å². The summed E-state index contributed by atoms with van der Waals surface area (Å²) in [6, 6.07) is 0. The molecule has 0 saturated carbocycles. The lowest BCUT2D eigenvalue weighted by Gasteiger charge is -2.16. The van der Waals surface area contributed by atoms with Crippen LogP contribution >= 0.6 is 0 Å². The van der Waals surface area contributed by atoms with Crippen molar-refractivity contribution in [2.75, 3.05) is 113 Å². The summed E-state index contributed by atoms with van der Waals surface area (Å²) >= 11 is 0. The molecule has 0 bridgehead atoms. The van der Waals surface area contributed by atoms with Crippen molar-refractivity contribution in [1.29, 1.82) is 0 Å². The van der Waals surface area contributed by atoms with Crippen LogP contribution in [0.5, 0.6) is 0 Å². The third-order valence-corrected chi connectivity index (χ3v) is 4.56. The van der Waals surface area contributed by atoms with Crippen LogP contribution in [-0.4, -0.2) is 121 Å². The maximum Gasteiger partial charge on any atom is 0.183 e. The minimum absolute atomic E-state index is 0.546. The van der Waals surface area contributed by atoms with Gasteiger partial charge in [0.25, 0.3) is 0 Å². The lowest BCUT2D eigenvalue weighted by atomic mass is 10.6. The Labute approximate surface area is 184 Å². The summed E-state index contributed by atoms with van der Waals surface area (Å²) < 4.78 is 43.6. The van der Waals surface area contributed by atoms with Crippen molar-refractivity contribution in [1.82, 2.24) is 5.32 Å². The molecular formula is C20H45NO8Si. The molecule has 182 valence electrons. The van der Waals surface area contributed by atoms with Crippen molar-refractivity contribution in [2.45, 2.75) is 19.6 Å². The number of hydrogen-bond donors (Lipinski definition) is 1. The molecular weight excluding hydrogens is 410 g/mol. The molecule has 0 aliphatic rings. The van der Waals surface area contributed by atoms with Gasteiger partial charge in [-0.25, -0.2) is 0 Å². The highest BCUT2D eigenvalue weighted by molar-refractivity contribution is 6.69. The van der Waals surface area contributed by atoms with Crippen LogP contribution in [0.2, 0.25) is 19.6 Å². The Morgan fingerprint density at radius 2 is 0.700 bits per heavy atom. The van der Waals surface area contributed by atoms with Crippen LogP contribution in [0.3, 0.4) is 0 Å². The first-order chi connectivity index (χ1) is 14.6. The molecule has 0 atom stereocenters. The summed E-state index contributed by atoms with van der Waals surface area (Å²) in [5, 5.41) is 3.02. The number of hydrogen-bond acceptors (Lipinski definition) is 9. The van der Waals surface area contributed by atoms with Gasteiger partial charge in [0, 0.05) is 6.54 Å². The predicted octanol–water partition coefficient (Wildman–Crippen LogP) is 1.17. The number of likely N-dealkylation sites (N-methyl/N-ethyl adjacent to an activating group) is 1. The van der Waals surface area contributed by atoms with E-state index < -0.39 is 8.32 Å². The van der Waals surface area contributed by atoms with Crippen LogP contribution in [0, 0.1) is 0 Å². The second-order valence-electron chi connectivity index (χ2n) is 7.35. The monoisotopic (exact) mass is 455 g/mol. The van der Waals surface area contributed by atoms with Gasteiger partial charge >= 0.3 is 0 Å². The molecule has 30 heavy (non-hydrogen) atoms. The molecule has 0 unspecified atom stereocenters. The smallest absolute Gasteiger partial charge is 0.183 e. The lowest BCUT2D eigenvalue weighted by molar-refractivity contribution is -0.0211. The first-order valence-electron chi connectivity index (χ1n) is 10.9. The summed E-state index contributed by atoms with van der Waals surface area (Å²) in [5.74, 6) is 0. The number of rotatable bonds is 25. The van der Waals surface area contributed by atoms with E-state index in [1.807, 2.05) is 7.05 Å². The van der Waals surface area contributed by atoms with Gasteiger partial charge in [0.05, 0.1) is 99.1 Å². The predicted molar refractivity (Wildman–Crippen MR) is 119 cm³/mol. The molecule has 0 saturated heterocycles. The van der Waals surface area contributed by atoms with Gasteiger partial charge < -0.3 is 42.9 Å². The standard InChI is InChI=1S/C20H45NO8Si/c1-21-5-6-22-7-8-23-9-10-24-11-12-25-13-14-26-15-16-27-17-18-28-19-20-29-30(2,3)4/h21H,5-20H2,1-4H3. The molecule has 0 aliphatic heterocycles. The second kappa shape index (κ2) is 23.5. The molecule has 0 heterocycles. The van der Waals surface area contributed by atoms with E-state index in [4.69, 9.17) is 37.6 Å². The maximum absolute atomic E-state index is 5.70. The molecule has 0 aliphatic carbocycles. The fourth-order valence-corrected chi connectivity index (χ4v) is 2.70. The zero-order chi connectivity index (χ0) is 22.2. The average molecular weight is 456 g/mol. The Hall–Kier alpha value is -0.143. The minimum Gasteiger partial charge on any atom is -0.415 e. The van der Waals surface area contributed by atoms with E-state index in [-0.39, 0.29) is 0 Å². The SMILES string of the molecule is CNCCOCCOCCOCCOCCOCCOCCOCCO[Si](C)(C)C. The number of ether oxygens (including phenoxy) is 7. The van der Waals surface area contributed by atoms with E-state index in [2.05, 4.69) is 25.0 Å². The fourth-order valence-electron chi connectivity index (χ4n) is 2.00. The molecule has 0 aromatic carbocycles. The molecule has 0 spiro atoms. The van der Waals surface area contributed by atoms with Crippen molar-refractivity contribution < 1.29 is 37.6 Å². The quantitative estimate of drug-likeness (QED) is 0.161. The van der Waals surface area contributed by atoms with E-state index >= 15 is 0 Å². The highest BCUT2D eigenvalue weighted by Crippen LogP contribution is 2.01. The zero-order valence-electron chi connectivity index (χ0n) is 19.6. The van der Waals surface area contributed by atoms with Gasteiger partial charge in [-0.05, 0) is 26.7 Å². The van der Waals surface area contributed by atoms with Gasteiger partial charge in [-0.3, -0.25) is 0 Å². The van der Waals surface area contributed by atoms with Crippen LogP contribution < -0.4 is 5.32 Å².